The summed E-state index contributed by atoms with van der Waals surface area (Å²) < 4.78 is 44.2. The van der Waals surface area contributed by atoms with E-state index >= 15 is 0 Å². The van der Waals surface area contributed by atoms with Crippen molar-refractivity contribution < 1.29 is 13.2 Å². The topological polar surface area (TPSA) is 43.8 Å². The van der Waals surface area contributed by atoms with Crippen LogP contribution in [0.1, 0.15) is 11.1 Å². The fraction of sp³-hybridized carbons (Fsp3) is 0.118. The summed E-state index contributed by atoms with van der Waals surface area (Å²) in [5.74, 6) is 0. The van der Waals surface area contributed by atoms with E-state index in [-0.39, 0.29) is 16.1 Å². The van der Waals surface area contributed by atoms with Crippen LogP contribution in [0, 0.1) is 0 Å². The number of hydrogen-bond acceptors (Lipinski definition) is 2. The van der Waals surface area contributed by atoms with E-state index in [1.165, 1.54) is 48.5 Å². The minimum Gasteiger partial charge on any atom is -0.399 e. The molecular weight excluding hydrogens is 374 g/mol. The summed E-state index contributed by atoms with van der Waals surface area (Å²) in [6, 6.07) is 10.9. The summed E-state index contributed by atoms with van der Waals surface area (Å²) in [6.07, 6.45) is -2.42. The molecule has 130 valence electrons. The highest BCUT2D eigenvalue weighted by atomic mass is 35.5. The van der Waals surface area contributed by atoms with Gasteiger partial charge in [0, 0.05) is 16.9 Å². The first-order chi connectivity index (χ1) is 11.7. The molecule has 3 aromatic rings. The van der Waals surface area contributed by atoms with Crippen LogP contribution >= 0.6 is 23.2 Å². The lowest BCUT2D eigenvalue weighted by Gasteiger charge is -2.37. The van der Waals surface area contributed by atoms with Crippen molar-refractivity contribution in [3.05, 3.63) is 82.1 Å². The summed E-state index contributed by atoms with van der Waals surface area (Å²) in [7, 11) is 0. The molecule has 1 heterocycles. The molecule has 2 aromatic carbocycles. The number of halogens is 5. The molecule has 0 saturated heterocycles. The maximum atomic E-state index is 14.5. The number of hydrogen-bond donors (Lipinski definition) is 1. The summed E-state index contributed by atoms with van der Waals surface area (Å²) in [6.45, 7) is 0. The standard InChI is InChI=1S/C17H12Cl2F3N3/c18-13-5-1-11(2-6-13)16(17(20,21)22,25-10-14(19)9-24-25)12-3-7-15(23)8-4-12/h1-10H,23H2. The Labute approximate surface area is 151 Å². The summed E-state index contributed by atoms with van der Waals surface area (Å²) >= 11 is 11.7. The maximum absolute atomic E-state index is 14.5. The SMILES string of the molecule is Nc1ccc(C(c2ccc(Cl)cc2)(n2cc(Cl)cn2)C(F)(F)F)cc1. The second-order valence-corrected chi connectivity index (χ2v) is 6.31. The lowest BCUT2D eigenvalue weighted by Crippen LogP contribution is -2.50. The summed E-state index contributed by atoms with van der Waals surface area (Å²) in [4.78, 5) is 0. The van der Waals surface area contributed by atoms with E-state index in [0.29, 0.717) is 10.7 Å². The van der Waals surface area contributed by atoms with Crippen LogP contribution in [0.25, 0.3) is 0 Å². The van der Waals surface area contributed by atoms with Gasteiger partial charge in [0.2, 0.25) is 5.54 Å². The van der Waals surface area contributed by atoms with Gasteiger partial charge in [-0.15, -0.1) is 0 Å². The molecule has 8 heteroatoms. The zero-order chi connectivity index (χ0) is 18.2. The number of aromatic nitrogens is 2. The summed E-state index contributed by atoms with van der Waals surface area (Å²) in [5, 5.41) is 4.28. The van der Waals surface area contributed by atoms with Gasteiger partial charge in [0.25, 0.3) is 0 Å². The van der Waals surface area contributed by atoms with Crippen molar-refractivity contribution in [2.75, 3.05) is 5.73 Å². The number of anilines is 1. The minimum absolute atomic E-state index is 0.0451. The summed E-state index contributed by atoms with van der Waals surface area (Å²) in [5.41, 5.74) is 3.33. The number of nitrogens with zero attached hydrogens (tertiary/aromatic N) is 2. The van der Waals surface area contributed by atoms with Crippen LogP contribution in [0.2, 0.25) is 10.0 Å². The molecule has 1 aromatic heterocycles. The van der Waals surface area contributed by atoms with Gasteiger partial charge in [-0.3, -0.25) is 0 Å². The minimum atomic E-state index is -4.72. The van der Waals surface area contributed by atoms with Crippen molar-refractivity contribution >= 4 is 28.9 Å². The van der Waals surface area contributed by atoms with Crippen molar-refractivity contribution in [1.29, 1.82) is 0 Å². The van der Waals surface area contributed by atoms with E-state index < -0.39 is 11.7 Å². The third-order valence-electron chi connectivity index (χ3n) is 3.90. The van der Waals surface area contributed by atoms with E-state index in [4.69, 9.17) is 28.9 Å². The van der Waals surface area contributed by atoms with Crippen LogP contribution in [0.3, 0.4) is 0 Å². The Morgan fingerprint density at radius 2 is 1.36 bits per heavy atom. The Kier molecular flexibility index (Phi) is 4.43. The molecule has 1 unspecified atom stereocenters. The molecule has 0 amide bonds. The molecule has 25 heavy (non-hydrogen) atoms. The van der Waals surface area contributed by atoms with Crippen molar-refractivity contribution in [3.63, 3.8) is 0 Å². The highest BCUT2D eigenvalue weighted by Crippen LogP contribution is 2.47. The predicted octanol–water partition coefficient (Wildman–Crippen LogP) is 5.13. The molecule has 3 rings (SSSR count). The largest absolute Gasteiger partial charge is 0.422 e. The Bertz CT molecular complexity index is 826. The Balaban J connectivity index is 2.39. The molecule has 0 spiro atoms. The van der Waals surface area contributed by atoms with Crippen molar-refractivity contribution in [2.24, 2.45) is 0 Å². The average molecular weight is 386 g/mol. The number of benzene rings is 2. The second kappa shape index (κ2) is 6.28. The van der Waals surface area contributed by atoms with Crippen molar-refractivity contribution in [1.82, 2.24) is 9.78 Å². The van der Waals surface area contributed by atoms with E-state index in [2.05, 4.69) is 5.10 Å². The normalized spacial score (nSPS) is 14.3. The van der Waals surface area contributed by atoms with Gasteiger partial charge in [-0.2, -0.15) is 18.3 Å². The van der Waals surface area contributed by atoms with E-state index in [9.17, 15) is 13.2 Å². The number of nitrogens with two attached hydrogens (primary N) is 1. The molecule has 0 fully saturated rings. The molecular formula is C17H12Cl2F3N3. The molecule has 1 atom stereocenters. The van der Waals surface area contributed by atoms with E-state index in [1.54, 1.807) is 0 Å². The lowest BCUT2D eigenvalue weighted by molar-refractivity contribution is -0.189. The quantitative estimate of drug-likeness (QED) is 0.635. The molecule has 2 N–H and O–H groups in total. The van der Waals surface area contributed by atoms with E-state index in [0.717, 1.165) is 17.1 Å². The Morgan fingerprint density at radius 1 is 0.840 bits per heavy atom. The van der Waals surface area contributed by atoms with Crippen LogP contribution in [0.4, 0.5) is 18.9 Å². The average Bonchev–Trinajstić information content (AvgIpc) is 2.97. The second-order valence-electron chi connectivity index (χ2n) is 5.44. The fourth-order valence-electron chi connectivity index (χ4n) is 2.79. The van der Waals surface area contributed by atoms with Gasteiger partial charge >= 0.3 is 6.18 Å². The Hall–Kier alpha value is -2.18. The predicted molar refractivity (Wildman–Crippen MR) is 91.8 cm³/mol. The first-order valence-corrected chi connectivity index (χ1v) is 7.90. The highest BCUT2D eigenvalue weighted by Gasteiger charge is 2.59. The molecule has 0 aliphatic carbocycles. The van der Waals surface area contributed by atoms with Gasteiger partial charge in [-0.1, -0.05) is 47.5 Å². The van der Waals surface area contributed by atoms with Crippen LogP contribution in [-0.4, -0.2) is 16.0 Å². The number of rotatable bonds is 3. The smallest absolute Gasteiger partial charge is 0.399 e. The molecule has 0 radical (unpaired) electrons. The molecule has 0 bridgehead atoms. The maximum Gasteiger partial charge on any atom is 0.422 e. The number of alkyl halides is 3. The molecule has 0 aliphatic rings. The first-order valence-electron chi connectivity index (χ1n) is 7.14. The van der Waals surface area contributed by atoms with Crippen LogP contribution in [-0.2, 0) is 5.54 Å². The number of nitrogen functional groups attached to an aromatic ring is 1. The third kappa shape index (κ3) is 2.96. The van der Waals surface area contributed by atoms with Gasteiger partial charge < -0.3 is 5.73 Å². The third-order valence-corrected chi connectivity index (χ3v) is 4.34. The van der Waals surface area contributed by atoms with Gasteiger partial charge in [0.15, 0.2) is 0 Å². The zero-order valence-electron chi connectivity index (χ0n) is 12.6. The van der Waals surface area contributed by atoms with Gasteiger partial charge in [-0.25, -0.2) is 4.68 Å². The lowest BCUT2D eigenvalue weighted by atomic mass is 9.82. The van der Waals surface area contributed by atoms with Gasteiger partial charge in [-0.05, 0) is 35.4 Å². The van der Waals surface area contributed by atoms with Crippen LogP contribution in [0.5, 0.6) is 0 Å². The molecule has 0 saturated carbocycles. The first kappa shape index (κ1) is 17.6. The van der Waals surface area contributed by atoms with Crippen LogP contribution < -0.4 is 5.73 Å². The molecule has 0 aliphatic heterocycles. The van der Waals surface area contributed by atoms with Crippen molar-refractivity contribution in [2.45, 2.75) is 11.7 Å². The van der Waals surface area contributed by atoms with Crippen LogP contribution in [0.15, 0.2) is 60.9 Å². The monoisotopic (exact) mass is 385 g/mol. The molecule has 3 nitrogen and oxygen atoms in total. The Morgan fingerprint density at radius 3 is 1.80 bits per heavy atom. The van der Waals surface area contributed by atoms with Gasteiger partial charge in [0.05, 0.1) is 11.2 Å². The fourth-order valence-corrected chi connectivity index (χ4v) is 3.05. The van der Waals surface area contributed by atoms with Crippen molar-refractivity contribution in [3.8, 4) is 0 Å². The highest BCUT2D eigenvalue weighted by molar-refractivity contribution is 6.30. The van der Waals surface area contributed by atoms with Gasteiger partial charge in [0.1, 0.15) is 0 Å². The van der Waals surface area contributed by atoms with E-state index in [1.807, 2.05) is 0 Å². The zero-order valence-corrected chi connectivity index (χ0v) is 14.1.